The Morgan fingerprint density at radius 2 is 2.29 bits per heavy atom. The molecule has 0 aliphatic heterocycles. The van der Waals surface area contributed by atoms with Gasteiger partial charge >= 0.3 is 11.7 Å². The third-order valence-corrected chi connectivity index (χ3v) is 2.73. The molecule has 1 aromatic carbocycles. The third-order valence-electron chi connectivity index (χ3n) is 2.73. The molecule has 0 bridgehead atoms. The highest BCUT2D eigenvalue weighted by Gasteiger charge is 2.17. The minimum absolute atomic E-state index is 0.0604. The highest BCUT2D eigenvalue weighted by molar-refractivity contribution is 5.73. The monoisotopic (exact) mass is 300 g/mol. The second-order valence-corrected chi connectivity index (χ2v) is 4.35. The van der Waals surface area contributed by atoms with E-state index >= 15 is 0 Å². The van der Waals surface area contributed by atoms with Gasteiger partial charge in [-0.2, -0.15) is 4.39 Å². The van der Waals surface area contributed by atoms with E-state index in [1.165, 1.54) is 6.07 Å². The summed E-state index contributed by atoms with van der Waals surface area (Å²) in [7, 11) is 0. The molecule has 0 amide bonds. The maximum absolute atomic E-state index is 13.4. The first-order chi connectivity index (χ1) is 9.95. The van der Waals surface area contributed by atoms with E-state index < -0.39 is 28.4 Å². The van der Waals surface area contributed by atoms with Crippen molar-refractivity contribution in [2.24, 2.45) is 0 Å². The van der Waals surface area contributed by atoms with E-state index in [0.29, 0.717) is 6.54 Å². The van der Waals surface area contributed by atoms with Gasteiger partial charge in [-0.15, -0.1) is 0 Å². The van der Waals surface area contributed by atoms with Gasteiger partial charge in [0.05, 0.1) is 11.5 Å². The van der Waals surface area contributed by atoms with Crippen LogP contribution >= 0.6 is 0 Å². The molecule has 0 aromatic heterocycles. The Hall–Kier alpha value is -2.22. The summed E-state index contributed by atoms with van der Waals surface area (Å²) in [6.45, 7) is 2.55. The number of nitrogens with one attached hydrogen (secondary N) is 1. The summed E-state index contributed by atoms with van der Waals surface area (Å²) in [5, 5.41) is 22.3. The predicted molar refractivity (Wildman–Crippen MR) is 72.9 cm³/mol. The minimum atomic E-state index is -0.989. The lowest BCUT2D eigenvalue weighted by atomic mass is 10.2. The summed E-state index contributed by atoms with van der Waals surface area (Å²) < 4.78 is 18.6. The molecule has 1 atom stereocenters. The van der Waals surface area contributed by atoms with Gasteiger partial charge in [0.2, 0.25) is 5.82 Å². The number of hydrogen-bond acceptors (Lipinski definition) is 5. The first-order valence-electron chi connectivity index (χ1n) is 6.48. The van der Waals surface area contributed by atoms with E-state index in [2.05, 4.69) is 5.32 Å². The second kappa shape index (κ2) is 8.15. The Balaban J connectivity index is 2.53. The van der Waals surface area contributed by atoms with Crippen molar-refractivity contribution in [1.82, 2.24) is 5.32 Å². The van der Waals surface area contributed by atoms with E-state index in [4.69, 9.17) is 9.84 Å². The Morgan fingerprint density at radius 3 is 2.81 bits per heavy atom. The maximum Gasteiger partial charge on any atom is 0.320 e. The van der Waals surface area contributed by atoms with E-state index in [-0.39, 0.29) is 18.8 Å². The van der Waals surface area contributed by atoms with E-state index in [1.807, 2.05) is 6.92 Å². The van der Waals surface area contributed by atoms with Crippen molar-refractivity contribution in [3.63, 3.8) is 0 Å². The van der Waals surface area contributed by atoms with Crippen LogP contribution in [0, 0.1) is 15.9 Å². The second-order valence-electron chi connectivity index (χ2n) is 4.35. The molecule has 116 valence electrons. The van der Waals surface area contributed by atoms with Crippen LogP contribution in [0.5, 0.6) is 5.75 Å². The predicted octanol–water partition coefficient (Wildman–Crippen LogP) is 1.96. The third kappa shape index (κ3) is 5.35. The molecule has 1 rings (SSSR count). The molecule has 21 heavy (non-hydrogen) atoms. The summed E-state index contributed by atoms with van der Waals surface area (Å²) in [5.41, 5.74) is -0.629. The molecule has 0 saturated heterocycles. The van der Waals surface area contributed by atoms with Crippen molar-refractivity contribution in [3.8, 4) is 5.75 Å². The van der Waals surface area contributed by atoms with Crippen molar-refractivity contribution >= 4 is 11.7 Å². The number of rotatable bonds is 9. The summed E-state index contributed by atoms with van der Waals surface area (Å²) in [5.74, 6) is -1.85. The number of nitro benzene ring substituents is 1. The zero-order valence-corrected chi connectivity index (χ0v) is 11.5. The number of carboxylic acid groups (broad SMARTS) is 1. The molecule has 7 nitrogen and oxygen atoms in total. The Kier molecular flexibility index (Phi) is 6.54. The molecular formula is C13H17FN2O5. The summed E-state index contributed by atoms with van der Waals surface area (Å²) in [6.07, 6.45) is 1.01. The fourth-order valence-electron chi connectivity index (χ4n) is 1.65. The Labute approximate surface area is 120 Å². The largest absolute Gasteiger partial charge is 0.493 e. The van der Waals surface area contributed by atoms with Crippen molar-refractivity contribution in [2.75, 3.05) is 13.2 Å². The van der Waals surface area contributed by atoms with Crippen molar-refractivity contribution in [3.05, 3.63) is 34.1 Å². The molecule has 1 aromatic rings. The average molecular weight is 300 g/mol. The highest BCUT2D eigenvalue weighted by Crippen LogP contribution is 2.22. The van der Waals surface area contributed by atoms with Gasteiger partial charge in [-0.1, -0.05) is 6.92 Å². The van der Waals surface area contributed by atoms with Gasteiger partial charge in [-0.05, 0) is 19.0 Å². The lowest BCUT2D eigenvalue weighted by Crippen LogP contribution is -2.38. The average Bonchev–Trinajstić information content (AvgIpc) is 2.41. The van der Waals surface area contributed by atoms with Gasteiger partial charge in [-0.25, -0.2) is 0 Å². The first-order valence-corrected chi connectivity index (χ1v) is 6.48. The van der Waals surface area contributed by atoms with Gasteiger partial charge in [0.15, 0.2) is 0 Å². The minimum Gasteiger partial charge on any atom is -0.493 e. The smallest absolute Gasteiger partial charge is 0.320 e. The van der Waals surface area contributed by atoms with Crippen molar-refractivity contribution in [2.45, 2.75) is 25.8 Å². The molecule has 0 heterocycles. The van der Waals surface area contributed by atoms with E-state index in [9.17, 15) is 19.3 Å². The zero-order chi connectivity index (χ0) is 15.8. The van der Waals surface area contributed by atoms with Crippen molar-refractivity contribution in [1.29, 1.82) is 0 Å². The zero-order valence-electron chi connectivity index (χ0n) is 11.5. The molecule has 0 aliphatic carbocycles. The fourth-order valence-corrected chi connectivity index (χ4v) is 1.65. The Bertz CT molecular complexity index is 509. The topological polar surface area (TPSA) is 102 Å². The lowest BCUT2D eigenvalue weighted by molar-refractivity contribution is -0.387. The van der Waals surface area contributed by atoms with Crippen LogP contribution < -0.4 is 10.1 Å². The van der Waals surface area contributed by atoms with Gasteiger partial charge in [0.1, 0.15) is 11.8 Å². The summed E-state index contributed by atoms with van der Waals surface area (Å²) in [6, 6.07) is 2.45. The van der Waals surface area contributed by atoms with Gasteiger partial charge < -0.3 is 15.2 Å². The molecular weight excluding hydrogens is 283 g/mol. The number of carboxylic acids is 1. The standard InChI is InChI=1S/C13H17FN2O5/c1-2-6-15-11(13(17)18)5-7-21-9-3-4-12(16(19)20)10(14)8-9/h3-4,8,11,15H,2,5-7H2,1H3,(H,17,18). The number of aliphatic carboxylic acids is 1. The molecule has 0 spiro atoms. The van der Waals surface area contributed by atoms with Crippen LogP contribution in [0.1, 0.15) is 19.8 Å². The first kappa shape index (κ1) is 16.8. The lowest BCUT2D eigenvalue weighted by Gasteiger charge is -2.14. The summed E-state index contributed by atoms with van der Waals surface area (Å²) in [4.78, 5) is 20.6. The van der Waals surface area contributed by atoms with Crippen LogP contribution in [0.15, 0.2) is 18.2 Å². The fraction of sp³-hybridized carbons (Fsp3) is 0.462. The highest BCUT2D eigenvalue weighted by atomic mass is 19.1. The van der Waals surface area contributed by atoms with Crippen molar-refractivity contribution < 1.29 is 24.0 Å². The number of carbonyl (C=O) groups is 1. The number of benzene rings is 1. The maximum atomic E-state index is 13.4. The number of hydrogen-bond donors (Lipinski definition) is 2. The number of nitro groups is 1. The summed E-state index contributed by atoms with van der Waals surface area (Å²) >= 11 is 0. The molecule has 0 fully saturated rings. The van der Waals surface area contributed by atoms with Crippen LogP contribution in [-0.4, -0.2) is 35.2 Å². The van der Waals surface area contributed by atoms with Crippen LogP contribution in [0.4, 0.5) is 10.1 Å². The number of halogens is 1. The van der Waals surface area contributed by atoms with E-state index in [0.717, 1.165) is 18.6 Å². The SMILES string of the molecule is CCCNC(CCOc1ccc([N+](=O)[O-])c(F)c1)C(=O)O. The molecule has 0 radical (unpaired) electrons. The Morgan fingerprint density at radius 1 is 1.57 bits per heavy atom. The molecule has 0 saturated carbocycles. The molecule has 1 unspecified atom stereocenters. The van der Waals surface area contributed by atoms with Crippen LogP contribution in [0.25, 0.3) is 0 Å². The number of ether oxygens (including phenoxy) is 1. The van der Waals surface area contributed by atoms with Crippen LogP contribution in [0.3, 0.4) is 0 Å². The van der Waals surface area contributed by atoms with Crippen LogP contribution in [-0.2, 0) is 4.79 Å². The molecule has 8 heteroatoms. The quantitative estimate of drug-likeness (QED) is 0.534. The van der Waals surface area contributed by atoms with Crippen LogP contribution in [0.2, 0.25) is 0 Å². The number of nitrogens with zero attached hydrogens (tertiary/aromatic N) is 1. The molecule has 2 N–H and O–H groups in total. The van der Waals surface area contributed by atoms with Gasteiger partial charge in [0.25, 0.3) is 0 Å². The van der Waals surface area contributed by atoms with Gasteiger partial charge in [-0.3, -0.25) is 14.9 Å². The van der Waals surface area contributed by atoms with E-state index in [1.54, 1.807) is 0 Å². The van der Waals surface area contributed by atoms with Gasteiger partial charge in [0, 0.05) is 18.6 Å². The molecule has 0 aliphatic rings. The normalized spacial score (nSPS) is 11.9.